The van der Waals surface area contributed by atoms with E-state index in [2.05, 4.69) is 22.9 Å². The maximum absolute atomic E-state index is 11.8. The Labute approximate surface area is 114 Å². The van der Waals surface area contributed by atoms with Crippen molar-refractivity contribution < 1.29 is 4.79 Å². The molecule has 2 atom stereocenters. The SMILES string of the molecule is CC(N)C(=O)N1CCN(C(C)c2cccnc2)CC1. The van der Waals surface area contributed by atoms with E-state index in [1.165, 1.54) is 5.56 Å². The van der Waals surface area contributed by atoms with Crippen LogP contribution >= 0.6 is 0 Å². The zero-order valence-electron chi connectivity index (χ0n) is 11.6. The molecule has 104 valence electrons. The Morgan fingerprint density at radius 2 is 2.00 bits per heavy atom. The summed E-state index contributed by atoms with van der Waals surface area (Å²) in [6.07, 6.45) is 3.69. The molecule has 1 fully saturated rings. The molecule has 2 heterocycles. The number of pyridine rings is 1. The van der Waals surface area contributed by atoms with Crippen molar-refractivity contribution in [3.63, 3.8) is 0 Å². The third-order valence-corrected chi connectivity index (χ3v) is 3.73. The molecule has 2 rings (SSSR count). The highest BCUT2D eigenvalue weighted by atomic mass is 16.2. The highest BCUT2D eigenvalue weighted by Gasteiger charge is 2.25. The van der Waals surface area contributed by atoms with Gasteiger partial charge in [0.05, 0.1) is 6.04 Å². The van der Waals surface area contributed by atoms with Gasteiger partial charge in [-0.3, -0.25) is 14.7 Å². The predicted octanol–water partition coefficient (Wildman–Crippen LogP) is 0.634. The molecule has 1 saturated heterocycles. The molecule has 1 aliphatic rings. The fourth-order valence-electron chi connectivity index (χ4n) is 2.45. The molecule has 1 aliphatic heterocycles. The van der Waals surface area contributed by atoms with E-state index in [0.29, 0.717) is 6.04 Å². The Hall–Kier alpha value is -1.46. The summed E-state index contributed by atoms with van der Waals surface area (Å²) in [5, 5.41) is 0. The number of nitrogens with two attached hydrogens (primary N) is 1. The number of nitrogens with zero attached hydrogens (tertiary/aromatic N) is 3. The van der Waals surface area contributed by atoms with Gasteiger partial charge in [-0.2, -0.15) is 0 Å². The summed E-state index contributed by atoms with van der Waals surface area (Å²) >= 11 is 0. The molecule has 0 aliphatic carbocycles. The fraction of sp³-hybridized carbons (Fsp3) is 0.571. The fourth-order valence-corrected chi connectivity index (χ4v) is 2.45. The average Bonchev–Trinajstić information content (AvgIpc) is 2.46. The molecule has 19 heavy (non-hydrogen) atoms. The molecule has 0 bridgehead atoms. The number of hydrogen-bond acceptors (Lipinski definition) is 4. The van der Waals surface area contributed by atoms with Gasteiger partial charge in [-0.1, -0.05) is 6.07 Å². The van der Waals surface area contributed by atoms with Crippen molar-refractivity contribution >= 4 is 5.91 Å². The minimum atomic E-state index is -0.401. The first-order valence-corrected chi connectivity index (χ1v) is 6.78. The van der Waals surface area contributed by atoms with Crippen molar-refractivity contribution in [3.05, 3.63) is 30.1 Å². The lowest BCUT2D eigenvalue weighted by Crippen LogP contribution is -2.52. The standard InChI is InChI=1S/C14H22N4O/c1-11(15)14(19)18-8-6-17(7-9-18)12(2)13-4-3-5-16-10-13/h3-5,10-12H,6-9,15H2,1-2H3. The van der Waals surface area contributed by atoms with Crippen molar-refractivity contribution in [2.45, 2.75) is 25.9 Å². The molecule has 1 amide bonds. The van der Waals surface area contributed by atoms with Gasteiger partial charge in [-0.15, -0.1) is 0 Å². The summed E-state index contributed by atoms with van der Waals surface area (Å²) in [5.74, 6) is 0.0497. The summed E-state index contributed by atoms with van der Waals surface area (Å²) < 4.78 is 0. The van der Waals surface area contributed by atoms with Crippen LogP contribution in [0.2, 0.25) is 0 Å². The van der Waals surface area contributed by atoms with Gasteiger partial charge in [0.1, 0.15) is 0 Å². The van der Waals surface area contributed by atoms with E-state index in [1.807, 2.05) is 17.2 Å². The normalized spacial score (nSPS) is 20.1. The van der Waals surface area contributed by atoms with Gasteiger partial charge in [0, 0.05) is 44.6 Å². The van der Waals surface area contributed by atoms with Gasteiger partial charge < -0.3 is 10.6 Å². The van der Waals surface area contributed by atoms with Gasteiger partial charge in [0.25, 0.3) is 0 Å². The van der Waals surface area contributed by atoms with Crippen LogP contribution < -0.4 is 5.73 Å². The van der Waals surface area contributed by atoms with Gasteiger partial charge in [0.2, 0.25) is 5.91 Å². The third kappa shape index (κ3) is 3.30. The molecule has 2 N–H and O–H groups in total. The number of rotatable bonds is 3. The number of hydrogen-bond donors (Lipinski definition) is 1. The maximum atomic E-state index is 11.8. The largest absolute Gasteiger partial charge is 0.339 e. The first-order valence-electron chi connectivity index (χ1n) is 6.78. The lowest BCUT2D eigenvalue weighted by molar-refractivity contribution is -0.134. The van der Waals surface area contributed by atoms with Crippen LogP contribution in [0.15, 0.2) is 24.5 Å². The predicted molar refractivity (Wildman–Crippen MR) is 74.5 cm³/mol. The number of carbonyl (C=O) groups is 1. The summed E-state index contributed by atoms with van der Waals surface area (Å²) in [5.41, 5.74) is 6.86. The van der Waals surface area contributed by atoms with E-state index in [0.717, 1.165) is 26.2 Å². The minimum absolute atomic E-state index is 0.0497. The summed E-state index contributed by atoms with van der Waals surface area (Å²) in [6, 6.07) is 3.99. The van der Waals surface area contributed by atoms with E-state index in [1.54, 1.807) is 13.1 Å². The Balaban J connectivity index is 1.91. The Kier molecular flexibility index (Phi) is 4.50. The quantitative estimate of drug-likeness (QED) is 0.868. The van der Waals surface area contributed by atoms with Crippen molar-refractivity contribution in [3.8, 4) is 0 Å². The second kappa shape index (κ2) is 6.12. The third-order valence-electron chi connectivity index (χ3n) is 3.73. The van der Waals surface area contributed by atoms with Crippen LogP contribution in [-0.2, 0) is 4.79 Å². The molecule has 5 heteroatoms. The van der Waals surface area contributed by atoms with E-state index >= 15 is 0 Å². The van der Waals surface area contributed by atoms with E-state index in [-0.39, 0.29) is 5.91 Å². The van der Waals surface area contributed by atoms with Crippen LogP contribution in [0.25, 0.3) is 0 Å². The van der Waals surface area contributed by atoms with Crippen molar-refractivity contribution in [1.82, 2.24) is 14.8 Å². The lowest BCUT2D eigenvalue weighted by Gasteiger charge is -2.38. The first kappa shape index (κ1) is 14.0. The van der Waals surface area contributed by atoms with Crippen molar-refractivity contribution in [2.75, 3.05) is 26.2 Å². The topological polar surface area (TPSA) is 62.5 Å². The summed E-state index contributed by atoms with van der Waals surface area (Å²) in [7, 11) is 0. The molecular formula is C14H22N4O. The zero-order valence-corrected chi connectivity index (χ0v) is 11.6. The van der Waals surface area contributed by atoms with Crippen LogP contribution in [0.5, 0.6) is 0 Å². The van der Waals surface area contributed by atoms with Gasteiger partial charge in [-0.05, 0) is 25.5 Å². The number of piperazine rings is 1. The lowest BCUT2D eigenvalue weighted by atomic mass is 10.1. The zero-order chi connectivity index (χ0) is 13.8. The molecule has 5 nitrogen and oxygen atoms in total. The van der Waals surface area contributed by atoms with Gasteiger partial charge in [-0.25, -0.2) is 0 Å². The number of amides is 1. The van der Waals surface area contributed by atoms with Gasteiger partial charge >= 0.3 is 0 Å². The van der Waals surface area contributed by atoms with Crippen LogP contribution in [0, 0.1) is 0 Å². The highest BCUT2D eigenvalue weighted by Crippen LogP contribution is 2.20. The molecule has 0 aromatic carbocycles. The molecule has 0 radical (unpaired) electrons. The smallest absolute Gasteiger partial charge is 0.239 e. The monoisotopic (exact) mass is 262 g/mol. The second-order valence-electron chi connectivity index (χ2n) is 5.11. The minimum Gasteiger partial charge on any atom is -0.339 e. The molecule has 2 unspecified atom stereocenters. The number of carbonyl (C=O) groups excluding carboxylic acids is 1. The second-order valence-corrected chi connectivity index (χ2v) is 5.11. The maximum Gasteiger partial charge on any atom is 0.239 e. The average molecular weight is 262 g/mol. The summed E-state index contributed by atoms with van der Waals surface area (Å²) in [6.45, 7) is 7.20. The Morgan fingerprint density at radius 3 is 2.53 bits per heavy atom. The van der Waals surface area contributed by atoms with Gasteiger partial charge in [0.15, 0.2) is 0 Å². The Morgan fingerprint density at radius 1 is 1.32 bits per heavy atom. The van der Waals surface area contributed by atoms with E-state index in [4.69, 9.17) is 5.73 Å². The molecule has 1 aromatic heterocycles. The van der Waals surface area contributed by atoms with E-state index < -0.39 is 6.04 Å². The molecular weight excluding hydrogens is 240 g/mol. The summed E-state index contributed by atoms with van der Waals surface area (Å²) in [4.78, 5) is 20.2. The number of aromatic nitrogens is 1. The molecule has 1 aromatic rings. The van der Waals surface area contributed by atoms with Crippen LogP contribution in [-0.4, -0.2) is 52.9 Å². The Bertz CT molecular complexity index is 413. The first-order chi connectivity index (χ1) is 9.09. The van der Waals surface area contributed by atoms with Crippen molar-refractivity contribution in [2.24, 2.45) is 5.73 Å². The highest BCUT2D eigenvalue weighted by molar-refractivity contribution is 5.81. The van der Waals surface area contributed by atoms with E-state index in [9.17, 15) is 4.79 Å². The van der Waals surface area contributed by atoms with Crippen LogP contribution in [0.1, 0.15) is 25.5 Å². The van der Waals surface area contributed by atoms with Crippen LogP contribution in [0.4, 0.5) is 0 Å². The molecule has 0 saturated carbocycles. The van der Waals surface area contributed by atoms with Crippen molar-refractivity contribution in [1.29, 1.82) is 0 Å². The van der Waals surface area contributed by atoms with Crippen LogP contribution in [0.3, 0.4) is 0 Å². The molecule has 0 spiro atoms.